The third-order valence-corrected chi connectivity index (χ3v) is 8.17. The van der Waals surface area contributed by atoms with Crippen LogP contribution in [0.3, 0.4) is 0 Å². The summed E-state index contributed by atoms with van der Waals surface area (Å²) in [6.45, 7) is 10.6. The molecule has 0 fully saturated rings. The lowest BCUT2D eigenvalue weighted by atomic mass is 10.1. The van der Waals surface area contributed by atoms with Crippen molar-refractivity contribution in [1.82, 2.24) is 9.97 Å². The number of unbranched alkanes of at least 4 members (excludes halogenated alkanes) is 4. The van der Waals surface area contributed by atoms with Crippen LogP contribution in [-0.4, -0.2) is 30.4 Å². The Morgan fingerprint density at radius 3 is 2.25 bits per heavy atom. The van der Waals surface area contributed by atoms with E-state index in [9.17, 15) is 4.79 Å². The zero-order chi connectivity index (χ0) is 23.4. The van der Waals surface area contributed by atoms with E-state index in [1.165, 1.54) is 45.1 Å². The standard InChI is InChI=1S/C26H40N2O3Si/c1-6-7-18-32(4,5)31-21(2)12-10-8-9-11-13-26-27-19-24(20-28-26)23-14-16-25(17-15-23)30-22(3)29/h14-17,19-21H,6-13,18H2,1-5H3. The van der Waals surface area contributed by atoms with Crippen molar-refractivity contribution in [3.05, 3.63) is 42.5 Å². The largest absolute Gasteiger partial charge is 0.427 e. The highest BCUT2D eigenvalue weighted by atomic mass is 28.4. The van der Waals surface area contributed by atoms with Gasteiger partial charge in [-0.1, -0.05) is 51.2 Å². The first kappa shape index (κ1) is 26.2. The van der Waals surface area contributed by atoms with E-state index in [2.05, 4.69) is 36.9 Å². The van der Waals surface area contributed by atoms with Crippen LogP contribution in [0.15, 0.2) is 36.7 Å². The van der Waals surface area contributed by atoms with Gasteiger partial charge in [-0.3, -0.25) is 4.79 Å². The molecule has 6 heteroatoms. The third-order valence-electron chi connectivity index (χ3n) is 5.57. The number of hydrogen-bond acceptors (Lipinski definition) is 5. The first-order valence-electron chi connectivity index (χ1n) is 12.1. The van der Waals surface area contributed by atoms with Gasteiger partial charge in [-0.15, -0.1) is 0 Å². The highest BCUT2D eigenvalue weighted by molar-refractivity contribution is 6.71. The summed E-state index contributed by atoms with van der Waals surface area (Å²) in [7, 11) is -1.48. The molecular weight excluding hydrogens is 416 g/mol. The molecule has 0 aliphatic rings. The van der Waals surface area contributed by atoms with Gasteiger partial charge in [0.2, 0.25) is 0 Å². The van der Waals surface area contributed by atoms with E-state index >= 15 is 0 Å². The van der Waals surface area contributed by atoms with E-state index in [1.807, 2.05) is 24.5 Å². The smallest absolute Gasteiger partial charge is 0.308 e. The number of carbonyl (C=O) groups is 1. The van der Waals surface area contributed by atoms with E-state index in [0.29, 0.717) is 11.9 Å². The molecule has 0 N–H and O–H groups in total. The van der Waals surface area contributed by atoms with Crippen molar-refractivity contribution >= 4 is 14.3 Å². The maximum atomic E-state index is 11.0. The number of hydrogen-bond donors (Lipinski definition) is 0. The second kappa shape index (κ2) is 13.5. The second-order valence-electron chi connectivity index (χ2n) is 9.25. The van der Waals surface area contributed by atoms with Crippen molar-refractivity contribution in [2.24, 2.45) is 0 Å². The maximum absolute atomic E-state index is 11.0. The molecule has 0 spiro atoms. The van der Waals surface area contributed by atoms with Crippen molar-refractivity contribution in [1.29, 1.82) is 0 Å². The molecule has 0 radical (unpaired) electrons. The summed E-state index contributed by atoms with van der Waals surface area (Å²) in [5.74, 6) is 1.12. The predicted molar refractivity (Wildman–Crippen MR) is 133 cm³/mol. The van der Waals surface area contributed by atoms with Crippen LogP contribution >= 0.6 is 0 Å². The lowest BCUT2D eigenvalue weighted by molar-refractivity contribution is -0.131. The van der Waals surface area contributed by atoms with E-state index in [4.69, 9.17) is 9.16 Å². The summed E-state index contributed by atoms with van der Waals surface area (Å²) in [6.07, 6.45) is 13.5. The van der Waals surface area contributed by atoms with Gasteiger partial charge in [-0.05, 0) is 56.6 Å². The minimum atomic E-state index is -1.48. The Morgan fingerprint density at radius 2 is 1.62 bits per heavy atom. The van der Waals surface area contributed by atoms with Crippen LogP contribution in [0.25, 0.3) is 11.1 Å². The maximum Gasteiger partial charge on any atom is 0.308 e. The Morgan fingerprint density at radius 1 is 0.969 bits per heavy atom. The minimum Gasteiger partial charge on any atom is -0.427 e. The zero-order valence-electron chi connectivity index (χ0n) is 20.5. The van der Waals surface area contributed by atoms with Crippen LogP contribution in [-0.2, 0) is 15.6 Å². The van der Waals surface area contributed by atoms with Crippen molar-refractivity contribution in [3.8, 4) is 16.9 Å². The van der Waals surface area contributed by atoms with E-state index in [0.717, 1.165) is 36.2 Å². The SMILES string of the molecule is CCCC[Si](C)(C)OC(C)CCCCCCc1ncc(-c2ccc(OC(C)=O)cc2)cn1. The van der Waals surface area contributed by atoms with Crippen LogP contribution in [0.5, 0.6) is 5.75 Å². The summed E-state index contributed by atoms with van der Waals surface area (Å²) >= 11 is 0. The highest BCUT2D eigenvalue weighted by Gasteiger charge is 2.23. The first-order valence-corrected chi connectivity index (χ1v) is 15.2. The Balaban J connectivity index is 1.65. The average molecular weight is 457 g/mol. The van der Waals surface area contributed by atoms with Crippen molar-refractivity contribution in [2.45, 2.75) is 97.4 Å². The Bertz CT molecular complexity index is 807. The van der Waals surface area contributed by atoms with Crippen LogP contribution in [0.1, 0.15) is 71.5 Å². The predicted octanol–water partition coefficient (Wildman–Crippen LogP) is 6.97. The normalized spacial score (nSPS) is 12.5. The lowest BCUT2D eigenvalue weighted by Gasteiger charge is -2.27. The molecule has 0 amide bonds. The molecule has 1 aromatic carbocycles. The van der Waals surface area contributed by atoms with E-state index < -0.39 is 8.32 Å². The van der Waals surface area contributed by atoms with Gasteiger partial charge >= 0.3 is 5.97 Å². The Kier molecular flexibility index (Phi) is 11.0. The van der Waals surface area contributed by atoms with Crippen LogP contribution < -0.4 is 4.74 Å². The molecule has 2 rings (SSSR count). The molecule has 1 heterocycles. The Hall–Kier alpha value is -2.05. The Labute approximate surface area is 195 Å². The fourth-order valence-electron chi connectivity index (χ4n) is 3.85. The molecule has 32 heavy (non-hydrogen) atoms. The van der Waals surface area contributed by atoms with Crippen molar-refractivity contribution < 1.29 is 14.0 Å². The molecule has 1 unspecified atom stereocenters. The minimum absolute atomic E-state index is 0.318. The first-order chi connectivity index (χ1) is 15.3. The molecule has 0 saturated carbocycles. The summed E-state index contributed by atoms with van der Waals surface area (Å²) in [5, 5.41) is 0. The summed E-state index contributed by atoms with van der Waals surface area (Å²) < 4.78 is 11.5. The number of benzene rings is 1. The number of nitrogens with zero attached hydrogens (tertiary/aromatic N) is 2. The number of ether oxygens (including phenoxy) is 1. The lowest BCUT2D eigenvalue weighted by Crippen LogP contribution is -2.34. The number of esters is 1. The van der Waals surface area contributed by atoms with Crippen LogP contribution in [0.4, 0.5) is 0 Å². The van der Waals surface area contributed by atoms with Crippen LogP contribution in [0.2, 0.25) is 19.1 Å². The zero-order valence-corrected chi connectivity index (χ0v) is 21.5. The van der Waals surface area contributed by atoms with Crippen LogP contribution in [0, 0.1) is 0 Å². The molecule has 0 saturated heterocycles. The molecule has 176 valence electrons. The van der Waals surface area contributed by atoms with Crippen molar-refractivity contribution in [3.63, 3.8) is 0 Å². The van der Waals surface area contributed by atoms with Gasteiger partial charge < -0.3 is 9.16 Å². The molecular formula is C26H40N2O3Si. The molecule has 0 aliphatic carbocycles. The van der Waals surface area contributed by atoms with Gasteiger partial charge in [0.1, 0.15) is 11.6 Å². The summed E-state index contributed by atoms with van der Waals surface area (Å²) in [6, 6.07) is 8.66. The number of aromatic nitrogens is 2. The fraction of sp³-hybridized carbons (Fsp3) is 0.577. The fourth-order valence-corrected chi connectivity index (χ4v) is 6.38. The van der Waals surface area contributed by atoms with Crippen molar-refractivity contribution in [2.75, 3.05) is 0 Å². The number of carbonyl (C=O) groups excluding carboxylic acids is 1. The van der Waals surface area contributed by atoms with Gasteiger partial charge in [-0.25, -0.2) is 9.97 Å². The topological polar surface area (TPSA) is 61.3 Å². The van der Waals surface area contributed by atoms with Gasteiger partial charge in [0.15, 0.2) is 8.32 Å². The third kappa shape index (κ3) is 10.0. The quantitative estimate of drug-likeness (QED) is 0.133. The van der Waals surface area contributed by atoms with Gasteiger partial charge in [0, 0.05) is 37.4 Å². The monoisotopic (exact) mass is 456 g/mol. The van der Waals surface area contributed by atoms with E-state index in [1.54, 1.807) is 12.1 Å². The average Bonchev–Trinajstić information content (AvgIpc) is 2.75. The summed E-state index contributed by atoms with van der Waals surface area (Å²) in [5.41, 5.74) is 1.97. The number of aryl methyl sites for hydroxylation is 1. The molecule has 0 bridgehead atoms. The molecule has 2 aromatic rings. The summed E-state index contributed by atoms with van der Waals surface area (Å²) in [4.78, 5) is 20.1. The molecule has 5 nitrogen and oxygen atoms in total. The highest BCUT2D eigenvalue weighted by Crippen LogP contribution is 2.22. The molecule has 0 aliphatic heterocycles. The van der Waals surface area contributed by atoms with Gasteiger partial charge in [-0.2, -0.15) is 0 Å². The van der Waals surface area contributed by atoms with Gasteiger partial charge in [0.25, 0.3) is 0 Å². The van der Waals surface area contributed by atoms with E-state index in [-0.39, 0.29) is 5.97 Å². The van der Waals surface area contributed by atoms with Gasteiger partial charge in [0.05, 0.1) is 0 Å². The molecule has 1 atom stereocenters. The second-order valence-corrected chi connectivity index (χ2v) is 13.5. The molecule has 1 aromatic heterocycles. The number of rotatable bonds is 14.